The van der Waals surface area contributed by atoms with Crippen LogP contribution in [0.2, 0.25) is 0 Å². The molecule has 0 atom stereocenters. The molecule has 0 spiro atoms. The van der Waals surface area contributed by atoms with Gasteiger partial charge >= 0.3 is 5.97 Å². The van der Waals surface area contributed by atoms with Gasteiger partial charge in [-0.15, -0.1) is 0 Å². The third kappa shape index (κ3) is 3.46. The van der Waals surface area contributed by atoms with E-state index >= 15 is 0 Å². The number of pyridine rings is 1. The van der Waals surface area contributed by atoms with Crippen molar-refractivity contribution in [2.24, 2.45) is 0 Å². The molecule has 1 aliphatic rings. The fraction of sp³-hybridized carbons (Fsp3) is 0.278. The summed E-state index contributed by atoms with van der Waals surface area (Å²) in [5.74, 6) is 0.745. The maximum absolute atomic E-state index is 12.2. The summed E-state index contributed by atoms with van der Waals surface area (Å²) in [6.07, 6.45) is 1.53. The summed E-state index contributed by atoms with van der Waals surface area (Å²) < 4.78 is 16.1. The van der Waals surface area contributed by atoms with Crippen molar-refractivity contribution in [2.45, 2.75) is 6.61 Å². The number of nitrogens with zero attached hydrogens (tertiary/aromatic N) is 3. The number of benzene rings is 1. The second kappa shape index (κ2) is 6.90. The van der Waals surface area contributed by atoms with Crippen molar-refractivity contribution in [1.29, 1.82) is 0 Å². The van der Waals surface area contributed by atoms with Crippen molar-refractivity contribution in [2.75, 3.05) is 31.2 Å². The Morgan fingerprint density at radius 1 is 1.16 bits per heavy atom. The molecule has 2 aromatic heterocycles. The molecule has 0 aliphatic carbocycles. The molecule has 1 aromatic carbocycles. The lowest BCUT2D eigenvalue weighted by molar-refractivity contribution is 0.0440. The monoisotopic (exact) mass is 339 g/mol. The van der Waals surface area contributed by atoms with Crippen LogP contribution >= 0.6 is 0 Å². The SMILES string of the molecule is O=C(OCc1nc2ccccc2o1)c1ccc(N2CCOCC2)nc1. The molecule has 7 nitrogen and oxygen atoms in total. The van der Waals surface area contributed by atoms with Gasteiger partial charge in [-0.2, -0.15) is 0 Å². The van der Waals surface area contributed by atoms with Crippen LogP contribution in [0.25, 0.3) is 11.1 Å². The van der Waals surface area contributed by atoms with Gasteiger partial charge in [0, 0.05) is 19.3 Å². The number of aromatic nitrogens is 2. The molecule has 128 valence electrons. The molecular weight excluding hydrogens is 322 g/mol. The minimum atomic E-state index is -0.455. The Labute approximate surface area is 144 Å². The van der Waals surface area contributed by atoms with Crippen LogP contribution in [0.4, 0.5) is 5.82 Å². The van der Waals surface area contributed by atoms with Crippen molar-refractivity contribution in [3.05, 3.63) is 54.0 Å². The van der Waals surface area contributed by atoms with Crippen molar-refractivity contribution >= 4 is 22.9 Å². The van der Waals surface area contributed by atoms with Gasteiger partial charge in [0.1, 0.15) is 11.3 Å². The van der Waals surface area contributed by atoms with E-state index in [0.29, 0.717) is 30.3 Å². The molecule has 0 bridgehead atoms. The van der Waals surface area contributed by atoms with Crippen molar-refractivity contribution in [3.63, 3.8) is 0 Å². The van der Waals surface area contributed by atoms with Crippen LogP contribution in [0.5, 0.6) is 0 Å². The Kier molecular flexibility index (Phi) is 4.30. The number of anilines is 1. The second-order valence-corrected chi connectivity index (χ2v) is 5.66. The van der Waals surface area contributed by atoms with Gasteiger partial charge in [-0.25, -0.2) is 14.8 Å². The minimum absolute atomic E-state index is 0.0152. The molecule has 0 amide bonds. The highest BCUT2D eigenvalue weighted by molar-refractivity contribution is 5.89. The summed E-state index contributed by atoms with van der Waals surface area (Å²) in [7, 11) is 0. The van der Waals surface area contributed by atoms with Gasteiger partial charge in [-0.3, -0.25) is 0 Å². The number of oxazole rings is 1. The van der Waals surface area contributed by atoms with Crippen LogP contribution in [0.3, 0.4) is 0 Å². The van der Waals surface area contributed by atoms with Crippen LogP contribution in [-0.2, 0) is 16.1 Å². The second-order valence-electron chi connectivity index (χ2n) is 5.66. The molecule has 1 aliphatic heterocycles. The Morgan fingerprint density at radius 3 is 2.76 bits per heavy atom. The van der Waals surface area contributed by atoms with E-state index in [1.54, 1.807) is 6.07 Å². The van der Waals surface area contributed by atoms with E-state index in [-0.39, 0.29) is 6.61 Å². The molecule has 7 heteroatoms. The predicted molar refractivity (Wildman–Crippen MR) is 90.4 cm³/mol. The lowest BCUT2D eigenvalue weighted by atomic mass is 10.2. The Morgan fingerprint density at radius 2 is 2.00 bits per heavy atom. The molecule has 0 radical (unpaired) electrons. The maximum atomic E-state index is 12.2. The average Bonchev–Trinajstić information content (AvgIpc) is 3.10. The van der Waals surface area contributed by atoms with Gasteiger partial charge < -0.3 is 18.8 Å². The Bertz CT molecular complexity index is 836. The molecule has 1 fully saturated rings. The first-order valence-electron chi connectivity index (χ1n) is 8.10. The highest BCUT2D eigenvalue weighted by Gasteiger charge is 2.15. The van der Waals surface area contributed by atoms with Crippen molar-refractivity contribution in [3.8, 4) is 0 Å². The quantitative estimate of drug-likeness (QED) is 0.676. The summed E-state index contributed by atoms with van der Waals surface area (Å²) in [5, 5.41) is 0. The Hall–Kier alpha value is -2.93. The van der Waals surface area contributed by atoms with E-state index in [9.17, 15) is 4.79 Å². The van der Waals surface area contributed by atoms with Gasteiger partial charge in [0.2, 0.25) is 5.89 Å². The standard InChI is InChI=1S/C18H17N3O4/c22-18(24-12-17-20-14-3-1-2-4-15(14)25-17)13-5-6-16(19-11-13)21-7-9-23-10-8-21/h1-6,11H,7-10,12H2. The first kappa shape index (κ1) is 15.6. The van der Waals surface area contributed by atoms with E-state index in [4.69, 9.17) is 13.9 Å². The fourth-order valence-electron chi connectivity index (χ4n) is 2.68. The van der Waals surface area contributed by atoms with Gasteiger partial charge in [0.05, 0.1) is 18.8 Å². The van der Waals surface area contributed by atoms with Crippen LogP contribution in [-0.4, -0.2) is 42.2 Å². The first-order valence-corrected chi connectivity index (χ1v) is 8.10. The van der Waals surface area contributed by atoms with Crippen molar-refractivity contribution in [1.82, 2.24) is 9.97 Å². The molecule has 3 heterocycles. The van der Waals surface area contributed by atoms with Crippen molar-refractivity contribution < 1.29 is 18.7 Å². The number of fused-ring (bicyclic) bond motifs is 1. The maximum Gasteiger partial charge on any atom is 0.340 e. The molecular formula is C18H17N3O4. The number of esters is 1. The van der Waals surface area contributed by atoms with Crippen LogP contribution in [0.1, 0.15) is 16.2 Å². The number of carbonyl (C=O) groups is 1. The first-order chi connectivity index (χ1) is 12.3. The van der Waals surface area contributed by atoms with Gasteiger partial charge in [-0.1, -0.05) is 12.1 Å². The number of para-hydroxylation sites is 2. The molecule has 4 rings (SSSR count). The van der Waals surface area contributed by atoms with E-state index in [1.807, 2.05) is 30.3 Å². The number of rotatable bonds is 4. The number of hydrogen-bond donors (Lipinski definition) is 0. The van der Waals surface area contributed by atoms with Gasteiger partial charge in [-0.05, 0) is 24.3 Å². The van der Waals surface area contributed by atoms with E-state index < -0.39 is 5.97 Å². The smallest absolute Gasteiger partial charge is 0.340 e. The van der Waals surface area contributed by atoms with Gasteiger partial charge in [0.15, 0.2) is 12.2 Å². The molecule has 0 unspecified atom stereocenters. The topological polar surface area (TPSA) is 77.7 Å². The molecule has 25 heavy (non-hydrogen) atoms. The van der Waals surface area contributed by atoms with Crippen LogP contribution in [0.15, 0.2) is 47.0 Å². The van der Waals surface area contributed by atoms with E-state index in [2.05, 4.69) is 14.9 Å². The summed E-state index contributed by atoms with van der Waals surface area (Å²) >= 11 is 0. The zero-order valence-electron chi connectivity index (χ0n) is 13.6. The third-order valence-corrected chi connectivity index (χ3v) is 3.98. The molecule has 3 aromatic rings. The summed E-state index contributed by atoms with van der Waals surface area (Å²) in [4.78, 5) is 22.9. The third-order valence-electron chi connectivity index (χ3n) is 3.98. The predicted octanol–water partition coefficient (Wildman–Crippen LogP) is 2.42. The summed E-state index contributed by atoms with van der Waals surface area (Å²) in [6.45, 7) is 2.97. The highest BCUT2D eigenvalue weighted by Crippen LogP contribution is 2.17. The normalized spacial score (nSPS) is 14.6. The van der Waals surface area contributed by atoms with E-state index in [1.165, 1.54) is 6.20 Å². The molecule has 0 N–H and O–H groups in total. The zero-order chi connectivity index (χ0) is 17.1. The van der Waals surface area contributed by atoms with Crippen LogP contribution in [0, 0.1) is 0 Å². The van der Waals surface area contributed by atoms with E-state index in [0.717, 1.165) is 24.4 Å². The lowest BCUT2D eigenvalue weighted by Crippen LogP contribution is -2.36. The lowest BCUT2D eigenvalue weighted by Gasteiger charge is -2.27. The average molecular weight is 339 g/mol. The summed E-state index contributed by atoms with van der Waals surface area (Å²) in [5.41, 5.74) is 1.81. The number of carbonyl (C=O) groups excluding carboxylic acids is 1. The van der Waals surface area contributed by atoms with Crippen LogP contribution < -0.4 is 4.90 Å². The minimum Gasteiger partial charge on any atom is -0.452 e. The summed E-state index contributed by atoms with van der Waals surface area (Å²) in [6, 6.07) is 10.9. The van der Waals surface area contributed by atoms with Gasteiger partial charge in [0.25, 0.3) is 0 Å². The number of ether oxygens (including phenoxy) is 2. The highest BCUT2D eigenvalue weighted by atomic mass is 16.5. The molecule has 0 saturated carbocycles. The zero-order valence-corrected chi connectivity index (χ0v) is 13.6. The number of morpholine rings is 1. The Balaban J connectivity index is 1.38. The fourth-order valence-corrected chi connectivity index (χ4v) is 2.68. The largest absolute Gasteiger partial charge is 0.452 e. The number of hydrogen-bond acceptors (Lipinski definition) is 7. The molecule has 1 saturated heterocycles.